The van der Waals surface area contributed by atoms with E-state index in [0.717, 1.165) is 32.4 Å². The molecule has 0 heterocycles. The topological polar surface area (TPSA) is 21.3 Å². The summed E-state index contributed by atoms with van der Waals surface area (Å²) >= 11 is 0. The van der Waals surface area contributed by atoms with Crippen molar-refractivity contribution in [1.29, 1.82) is 0 Å². The van der Waals surface area contributed by atoms with Gasteiger partial charge < -0.3 is 10.1 Å². The predicted molar refractivity (Wildman–Crippen MR) is 72.2 cm³/mol. The van der Waals surface area contributed by atoms with Crippen molar-refractivity contribution in [2.24, 2.45) is 11.8 Å². The average molecular weight is 283 g/mol. The van der Waals surface area contributed by atoms with Gasteiger partial charge in [-0.15, -0.1) is 0 Å². The Balaban J connectivity index is 3.72. The van der Waals surface area contributed by atoms with E-state index in [4.69, 9.17) is 0 Å². The van der Waals surface area contributed by atoms with E-state index in [0.29, 0.717) is 18.3 Å². The van der Waals surface area contributed by atoms with E-state index < -0.39 is 12.8 Å². The maximum atomic E-state index is 11.9. The van der Waals surface area contributed by atoms with Crippen molar-refractivity contribution in [3.8, 4) is 0 Å². The van der Waals surface area contributed by atoms with Crippen LogP contribution in [0.3, 0.4) is 0 Å². The van der Waals surface area contributed by atoms with Crippen LogP contribution < -0.4 is 5.32 Å². The van der Waals surface area contributed by atoms with Crippen molar-refractivity contribution < 1.29 is 17.9 Å². The highest BCUT2D eigenvalue weighted by atomic mass is 19.4. The first kappa shape index (κ1) is 18.7. The fraction of sp³-hybridized carbons (Fsp3) is 1.00. The molecule has 5 heteroatoms. The molecule has 0 aromatic rings. The fourth-order valence-corrected chi connectivity index (χ4v) is 2.11. The molecular weight excluding hydrogens is 255 g/mol. The molecular formula is C14H28F3NO. The molecule has 0 saturated carbocycles. The lowest BCUT2D eigenvalue weighted by Crippen LogP contribution is -2.25. The van der Waals surface area contributed by atoms with Crippen LogP contribution in [0.15, 0.2) is 0 Å². The number of hydrogen-bond acceptors (Lipinski definition) is 2. The maximum Gasteiger partial charge on any atom is 0.411 e. The molecule has 19 heavy (non-hydrogen) atoms. The Hall–Kier alpha value is -0.290. The normalized spacial score (nSPS) is 14.1. The summed E-state index contributed by atoms with van der Waals surface area (Å²) in [5, 5.41) is 3.38. The van der Waals surface area contributed by atoms with Crippen molar-refractivity contribution in [1.82, 2.24) is 5.32 Å². The summed E-state index contributed by atoms with van der Waals surface area (Å²) < 4.78 is 40.3. The van der Waals surface area contributed by atoms with E-state index in [9.17, 15) is 13.2 Å². The fourth-order valence-electron chi connectivity index (χ4n) is 2.11. The van der Waals surface area contributed by atoms with E-state index in [-0.39, 0.29) is 6.61 Å². The van der Waals surface area contributed by atoms with Gasteiger partial charge in [-0.25, -0.2) is 0 Å². The molecule has 0 aromatic carbocycles. The number of alkyl halides is 3. The van der Waals surface area contributed by atoms with Gasteiger partial charge in [-0.3, -0.25) is 0 Å². The molecule has 0 aliphatic heterocycles. The summed E-state index contributed by atoms with van der Waals surface area (Å²) in [4.78, 5) is 0. The van der Waals surface area contributed by atoms with Gasteiger partial charge >= 0.3 is 6.18 Å². The average Bonchev–Trinajstić information content (AvgIpc) is 2.26. The van der Waals surface area contributed by atoms with E-state index >= 15 is 0 Å². The minimum absolute atomic E-state index is 0.196. The van der Waals surface area contributed by atoms with Crippen LogP contribution in [0.2, 0.25) is 0 Å². The van der Waals surface area contributed by atoms with E-state index in [2.05, 4.69) is 30.8 Å². The molecule has 0 aliphatic carbocycles. The van der Waals surface area contributed by atoms with Crippen LogP contribution in [0.1, 0.15) is 46.5 Å². The Bertz CT molecular complexity index is 207. The van der Waals surface area contributed by atoms with Crippen LogP contribution in [0.4, 0.5) is 13.2 Å². The summed E-state index contributed by atoms with van der Waals surface area (Å²) in [5.74, 6) is 1.14. The molecule has 1 N–H and O–H groups in total. The van der Waals surface area contributed by atoms with Gasteiger partial charge in [0.15, 0.2) is 0 Å². The van der Waals surface area contributed by atoms with Crippen LogP contribution in [-0.2, 0) is 4.74 Å². The summed E-state index contributed by atoms with van der Waals surface area (Å²) in [6.07, 6.45) is -0.382. The Morgan fingerprint density at radius 3 is 2.42 bits per heavy atom. The van der Waals surface area contributed by atoms with Gasteiger partial charge in [0.1, 0.15) is 6.61 Å². The van der Waals surface area contributed by atoms with E-state index in [1.165, 1.54) is 0 Å². The molecule has 0 fully saturated rings. The van der Waals surface area contributed by atoms with Crippen LogP contribution in [-0.4, -0.2) is 32.5 Å². The Morgan fingerprint density at radius 2 is 1.89 bits per heavy atom. The molecule has 0 saturated heterocycles. The molecule has 0 aliphatic rings. The van der Waals surface area contributed by atoms with Gasteiger partial charge in [0, 0.05) is 6.61 Å². The maximum absolute atomic E-state index is 11.9. The summed E-state index contributed by atoms with van der Waals surface area (Å²) in [6, 6.07) is 0. The molecule has 0 amide bonds. The zero-order valence-corrected chi connectivity index (χ0v) is 12.4. The molecule has 1 unspecified atom stereocenters. The van der Waals surface area contributed by atoms with Gasteiger partial charge in [-0.05, 0) is 50.6 Å². The third kappa shape index (κ3) is 13.9. The van der Waals surface area contributed by atoms with Crippen LogP contribution in [0.5, 0.6) is 0 Å². The lowest BCUT2D eigenvalue weighted by Gasteiger charge is -2.19. The van der Waals surface area contributed by atoms with Crippen molar-refractivity contribution in [2.45, 2.75) is 52.6 Å². The van der Waals surface area contributed by atoms with Crippen molar-refractivity contribution in [3.63, 3.8) is 0 Å². The number of nitrogens with one attached hydrogen (secondary N) is 1. The standard InChI is InChI=1S/C14H28F3NO/c1-4-7-18-10-13(9-12(2)3)6-5-8-19-11-14(15,16)17/h12-13,18H,4-11H2,1-3H3. The molecule has 2 nitrogen and oxygen atoms in total. The highest BCUT2D eigenvalue weighted by Gasteiger charge is 2.27. The number of rotatable bonds is 11. The third-order valence-electron chi connectivity index (χ3n) is 2.83. The highest BCUT2D eigenvalue weighted by Crippen LogP contribution is 2.18. The molecule has 0 radical (unpaired) electrons. The monoisotopic (exact) mass is 283 g/mol. The lowest BCUT2D eigenvalue weighted by molar-refractivity contribution is -0.174. The first-order chi connectivity index (χ1) is 8.85. The molecule has 116 valence electrons. The zero-order chi connectivity index (χ0) is 14.7. The van der Waals surface area contributed by atoms with Crippen LogP contribution in [0, 0.1) is 11.8 Å². The number of halogens is 3. The second-order valence-corrected chi connectivity index (χ2v) is 5.51. The minimum atomic E-state index is -4.21. The van der Waals surface area contributed by atoms with Crippen LogP contribution >= 0.6 is 0 Å². The molecule has 1 atom stereocenters. The van der Waals surface area contributed by atoms with Crippen molar-refractivity contribution in [3.05, 3.63) is 0 Å². The first-order valence-electron chi connectivity index (χ1n) is 7.20. The largest absolute Gasteiger partial charge is 0.411 e. The van der Waals surface area contributed by atoms with Crippen molar-refractivity contribution >= 4 is 0 Å². The van der Waals surface area contributed by atoms with E-state index in [1.807, 2.05) is 0 Å². The highest BCUT2D eigenvalue weighted by molar-refractivity contribution is 4.65. The van der Waals surface area contributed by atoms with Gasteiger partial charge in [-0.1, -0.05) is 20.8 Å². The van der Waals surface area contributed by atoms with Crippen molar-refractivity contribution in [2.75, 3.05) is 26.3 Å². The lowest BCUT2D eigenvalue weighted by atomic mass is 9.93. The van der Waals surface area contributed by atoms with Crippen LogP contribution in [0.25, 0.3) is 0 Å². The quantitative estimate of drug-likeness (QED) is 0.579. The molecule has 0 bridgehead atoms. The Morgan fingerprint density at radius 1 is 1.21 bits per heavy atom. The SMILES string of the molecule is CCCNCC(CCCOCC(F)(F)F)CC(C)C. The van der Waals surface area contributed by atoms with Gasteiger partial charge in [-0.2, -0.15) is 13.2 Å². The van der Waals surface area contributed by atoms with Gasteiger partial charge in [0.2, 0.25) is 0 Å². The van der Waals surface area contributed by atoms with Gasteiger partial charge in [0.05, 0.1) is 0 Å². The first-order valence-corrected chi connectivity index (χ1v) is 7.20. The van der Waals surface area contributed by atoms with E-state index in [1.54, 1.807) is 0 Å². The number of hydrogen-bond donors (Lipinski definition) is 1. The smallest absolute Gasteiger partial charge is 0.372 e. The molecule has 0 aromatic heterocycles. The second kappa shape index (κ2) is 10.5. The van der Waals surface area contributed by atoms with Gasteiger partial charge in [0.25, 0.3) is 0 Å². The minimum Gasteiger partial charge on any atom is -0.372 e. The zero-order valence-electron chi connectivity index (χ0n) is 12.4. The summed E-state index contributed by atoms with van der Waals surface area (Å²) in [7, 11) is 0. The number of ether oxygens (including phenoxy) is 1. The summed E-state index contributed by atoms with van der Waals surface area (Å²) in [5.41, 5.74) is 0. The predicted octanol–water partition coefficient (Wildman–Crippen LogP) is 4.01. The summed E-state index contributed by atoms with van der Waals surface area (Å²) in [6.45, 7) is 7.48. The molecule has 0 rings (SSSR count). The Labute approximate surface area is 115 Å². The molecule has 0 spiro atoms. The third-order valence-corrected chi connectivity index (χ3v) is 2.83. The Kier molecular flexibility index (Phi) is 10.3. The second-order valence-electron chi connectivity index (χ2n) is 5.51.